The van der Waals surface area contributed by atoms with Crippen molar-refractivity contribution in [3.8, 4) is 0 Å². The summed E-state index contributed by atoms with van der Waals surface area (Å²) in [5.41, 5.74) is 14.3. The molecule has 354 valence electrons. The molecule has 5 rings (SSSR count). The van der Waals surface area contributed by atoms with E-state index < -0.39 is 0 Å². The lowest BCUT2D eigenvalue weighted by Crippen LogP contribution is -2.08. The molecular formula is C54H93N9. The molecule has 0 N–H and O–H groups in total. The van der Waals surface area contributed by atoms with Gasteiger partial charge in [0, 0.05) is 25.5 Å². The van der Waals surface area contributed by atoms with E-state index in [1.54, 1.807) is 4.80 Å². The van der Waals surface area contributed by atoms with Gasteiger partial charge in [-0.2, -0.15) is 15.0 Å². The van der Waals surface area contributed by atoms with Crippen molar-refractivity contribution in [1.29, 1.82) is 0 Å². The van der Waals surface area contributed by atoms with E-state index in [0.29, 0.717) is 47.3 Å². The maximum absolute atomic E-state index is 4.87. The first-order chi connectivity index (χ1) is 28.9. The van der Waals surface area contributed by atoms with Gasteiger partial charge >= 0.3 is 0 Å². The quantitative estimate of drug-likeness (QED) is 0.0973. The van der Waals surface area contributed by atoms with Gasteiger partial charge in [-0.05, 0) is 148 Å². The fraction of sp³-hybridized carbons (Fsp3) is 0.685. The summed E-state index contributed by atoms with van der Waals surface area (Å²) in [6, 6.07) is 10.7. The van der Waals surface area contributed by atoms with Gasteiger partial charge in [0.05, 0.1) is 45.2 Å². The molecule has 4 heterocycles. The zero-order valence-corrected chi connectivity index (χ0v) is 43.2. The summed E-state index contributed by atoms with van der Waals surface area (Å²) in [6.45, 7) is 39.9. The van der Waals surface area contributed by atoms with E-state index >= 15 is 0 Å². The van der Waals surface area contributed by atoms with Gasteiger partial charge in [0.1, 0.15) is 0 Å². The molecule has 0 bridgehead atoms. The molecule has 9 heteroatoms. The van der Waals surface area contributed by atoms with Crippen molar-refractivity contribution in [2.75, 3.05) is 0 Å². The van der Waals surface area contributed by atoms with Crippen LogP contribution < -0.4 is 0 Å². The maximum atomic E-state index is 4.87. The highest BCUT2D eigenvalue weighted by atomic mass is 15.5. The van der Waals surface area contributed by atoms with Gasteiger partial charge in [-0.15, -0.1) is 5.10 Å². The number of aromatic nitrogens is 9. The fourth-order valence-electron chi connectivity index (χ4n) is 7.38. The Hall–Kier alpha value is -4.01. The molecule has 9 nitrogen and oxygen atoms in total. The van der Waals surface area contributed by atoms with Crippen molar-refractivity contribution in [3.05, 3.63) is 87.0 Å². The summed E-state index contributed by atoms with van der Waals surface area (Å²) < 4.78 is 1.91. The third-order valence-corrected chi connectivity index (χ3v) is 9.78. The summed E-state index contributed by atoms with van der Waals surface area (Å²) in [4.78, 5) is 16.1. The first-order valence-electron chi connectivity index (χ1n) is 23.9. The van der Waals surface area contributed by atoms with Gasteiger partial charge in [-0.1, -0.05) is 129 Å². The minimum absolute atomic E-state index is 0. The summed E-state index contributed by atoms with van der Waals surface area (Å²) in [7, 11) is 3.88. The largest absolute Gasteiger partial charge is 0.258 e. The second-order valence-corrected chi connectivity index (χ2v) is 21.2. The van der Waals surface area contributed by atoms with Crippen LogP contribution in [0.3, 0.4) is 0 Å². The van der Waals surface area contributed by atoms with Crippen LogP contribution in [0, 0.1) is 61.2 Å². The molecule has 4 aromatic heterocycles. The molecule has 0 aliphatic heterocycles. The van der Waals surface area contributed by atoms with Crippen LogP contribution in [0.15, 0.2) is 30.3 Å². The summed E-state index contributed by atoms with van der Waals surface area (Å²) in [5.74, 6) is 5.22. The van der Waals surface area contributed by atoms with Crippen LogP contribution >= 0.6 is 0 Å². The van der Waals surface area contributed by atoms with Crippen LogP contribution in [0.2, 0.25) is 0 Å². The summed E-state index contributed by atoms with van der Waals surface area (Å²) >= 11 is 0. The number of rotatable bonds is 16. The Bertz CT molecular complexity index is 1960. The average molecular weight is 868 g/mol. The standard InChI is InChI=1S/C17H24N2.C14H23N.2C11H21N3.CH4/c1-11(2)8-15-16(9-12(3)4)19-17-10-13(5)6-7-14(17)18-15;1-10(2)6-13-8-12(5)9-14(15-13)7-11(3)4;1-8(2)6-10-11(7-9(3)4)14(5)13-12-10;1-8(2)6-10-11(7-9(3)4)13-14(5)12-10;/h6-7,10-12H,8-9H2,1-5H3;8-11H,6-7H2,1-5H3;2*8-9H,6-7H2,1-5H3;1H4. The molecule has 0 unspecified atom stereocenters. The Labute approximate surface area is 386 Å². The highest BCUT2D eigenvalue weighted by Crippen LogP contribution is 2.20. The van der Waals surface area contributed by atoms with E-state index in [9.17, 15) is 0 Å². The van der Waals surface area contributed by atoms with Gasteiger partial charge in [-0.3, -0.25) is 9.67 Å². The Morgan fingerprint density at radius 1 is 0.413 bits per heavy atom. The molecule has 5 aromatic rings. The Balaban J connectivity index is 0.000000422. The predicted molar refractivity (Wildman–Crippen MR) is 270 cm³/mol. The first kappa shape index (κ1) is 57.0. The SMILES string of the molecule is C.CC(C)Cc1nn(C)nc1CC(C)C.CC(C)Cc1nnn(C)c1CC(C)C.Cc1cc(CC(C)C)nc(CC(C)C)c1.Cc1ccc2nc(CC(C)C)c(CC(C)C)nc2c1. The van der Waals surface area contributed by atoms with Crippen LogP contribution in [-0.2, 0) is 65.5 Å². The van der Waals surface area contributed by atoms with Crippen LogP contribution in [0.4, 0.5) is 0 Å². The van der Waals surface area contributed by atoms with Crippen LogP contribution in [0.25, 0.3) is 11.0 Å². The molecule has 1 aromatic carbocycles. The normalized spacial score (nSPS) is 11.4. The number of pyridine rings is 1. The van der Waals surface area contributed by atoms with Crippen molar-refractivity contribution >= 4 is 11.0 Å². The number of fused-ring (bicyclic) bond motifs is 1. The lowest BCUT2D eigenvalue weighted by molar-refractivity contribution is 0.580. The lowest BCUT2D eigenvalue weighted by atomic mass is 10.0. The molecule has 0 amide bonds. The molecule has 0 saturated heterocycles. The monoisotopic (exact) mass is 868 g/mol. The molecule has 0 atom stereocenters. The van der Waals surface area contributed by atoms with Crippen molar-refractivity contribution in [1.82, 2.24) is 44.9 Å². The Morgan fingerprint density at radius 3 is 1.21 bits per heavy atom. The Morgan fingerprint density at radius 2 is 0.794 bits per heavy atom. The summed E-state index contributed by atoms with van der Waals surface area (Å²) in [5, 5.41) is 17.1. The fourth-order valence-corrected chi connectivity index (χ4v) is 7.38. The van der Waals surface area contributed by atoms with Crippen LogP contribution in [-0.4, -0.2) is 44.9 Å². The highest BCUT2D eigenvalue weighted by Gasteiger charge is 2.15. The van der Waals surface area contributed by atoms with E-state index in [-0.39, 0.29) is 7.43 Å². The molecule has 0 saturated carbocycles. The second-order valence-electron chi connectivity index (χ2n) is 21.2. The molecule has 0 spiro atoms. The van der Waals surface area contributed by atoms with E-state index in [0.717, 1.165) is 62.4 Å². The minimum atomic E-state index is 0. The van der Waals surface area contributed by atoms with Gasteiger partial charge in [0.25, 0.3) is 0 Å². The van der Waals surface area contributed by atoms with Gasteiger partial charge in [-0.25, -0.2) is 9.97 Å². The third kappa shape index (κ3) is 22.4. The van der Waals surface area contributed by atoms with Crippen molar-refractivity contribution in [2.24, 2.45) is 61.4 Å². The van der Waals surface area contributed by atoms with Gasteiger partial charge in [0.15, 0.2) is 0 Å². The Kier molecular flexibility index (Phi) is 25.4. The second kappa shape index (κ2) is 28.0. The topological polar surface area (TPSA) is 100 Å². The van der Waals surface area contributed by atoms with E-state index in [1.807, 2.05) is 18.8 Å². The van der Waals surface area contributed by atoms with E-state index in [2.05, 4.69) is 175 Å². The minimum Gasteiger partial charge on any atom is -0.258 e. The zero-order chi connectivity index (χ0) is 46.8. The smallest absolute Gasteiger partial charge is 0.0893 e. The van der Waals surface area contributed by atoms with Gasteiger partial charge < -0.3 is 0 Å². The van der Waals surface area contributed by atoms with E-state index in [1.165, 1.54) is 56.7 Å². The number of hydrogen-bond acceptors (Lipinski definition) is 7. The predicted octanol–water partition coefficient (Wildman–Crippen LogP) is 13.2. The number of hydrogen-bond donors (Lipinski definition) is 0. The highest BCUT2D eigenvalue weighted by molar-refractivity contribution is 5.75. The molecule has 0 aliphatic rings. The van der Waals surface area contributed by atoms with Crippen molar-refractivity contribution in [3.63, 3.8) is 0 Å². The van der Waals surface area contributed by atoms with Crippen molar-refractivity contribution < 1.29 is 0 Å². The van der Waals surface area contributed by atoms with Crippen LogP contribution in [0.5, 0.6) is 0 Å². The van der Waals surface area contributed by atoms with Gasteiger partial charge in [0.2, 0.25) is 0 Å². The molecule has 0 radical (unpaired) electrons. The molecule has 0 aliphatic carbocycles. The van der Waals surface area contributed by atoms with E-state index in [4.69, 9.17) is 15.0 Å². The molecule has 0 fully saturated rings. The zero-order valence-electron chi connectivity index (χ0n) is 43.2. The molecule has 63 heavy (non-hydrogen) atoms. The van der Waals surface area contributed by atoms with Crippen LogP contribution in [0.1, 0.15) is 175 Å². The summed E-state index contributed by atoms with van der Waals surface area (Å²) in [6.07, 6.45) is 8.39. The third-order valence-electron chi connectivity index (χ3n) is 9.78. The lowest BCUT2D eigenvalue weighted by Gasteiger charge is -2.13. The molecular weight excluding hydrogens is 775 g/mol. The number of benzene rings is 1. The average Bonchev–Trinajstić information content (AvgIpc) is 3.62. The number of nitrogens with zero attached hydrogens (tertiary/aromatic N) is 9. The number of aryl methyl sites for hydroxylation is 4. The van der Waals surface area contributed by atoms with Crippen molar-refractivity contribution in [2.45, 2.75) is 183 Å². The first-order valence-corrected chi connectivity index (χ1v) is 23.9. The maximum Gasteiger partial charge on any atom is 0.0893 e.